The quantitative estimate of drug-likeness (QED) is 0.0746. The molecule has 0 fully saturated rings. The van der Waals surface area contributed by atoms with Gasteiger partial charge < -0.3 is 26.9 Å². The second-order valence-corrected chi connectivity index (χ2v) is 12.3. The lowest BCUT2D eigenvalue weighted by Crippen LogP contribution is -2.30. The molecule has 247 valence electrons. The highest BCUT2D eigenvalue weighted by Crippen LogP contribution is 2.45. The van der Waals surface area contributed by atoms with Crippen LogP contribution in [0.5, 0.6) is 5.75 Å². The summed E-state index contributed by atoms with van der Waals surface area (Å²) in [5, 5.41) is 8.21. The van der Waals surface area contributed by atoms with Gasteiger partial charge in [0.05, 0.1) is 5.41 Å². The highest BCUT2D eigenvalue weighted by atomic mass is 79.9. The fourth-order valence-electron chi connectivity index (χ4n) is 5.72. The lowest BCUT2D eigenvalue weighted by molar-refractivity contribution is 0.454. The third kappa shape index (κ3) is 9.02. The summed E-state index contributed by atoms with van der Waals surface area (Å²) < 4.78 is 5.70. The SMILES string of the molecule is Nc1ccc(-c2ccc(C(c3ccccc3)(c3ccccc3)c3ccccc3)cc2)cc1.Nc1ccc(Br)cc1.Nc1ccc(O[B]O)cc1. The van der Waals surface area contributed by atoms with Gasteiger partial charge in [0.1, 0.15) is 5.75 Å². The van der Waals surface area contributed by atoms with Crippen molar-refractivity contribution in [2.75, 3.05) is 17.2 Å². The summed E-state index contributed by atoms with van der Waals surface area (Å²) in [6, 6.07) is 63.6. The highest BCUT2D eigenvalue weighted by molar-refractivity contribution is 9.10. The molecular weight excluding hydrogens is 681 g/mol. The van der Waals surface area contributed by atoms with Gasteiger partial charge in [-0.05, 0) is 94.0 Å². The minimum absolute atomic E-state index is 0.413. The fourth-order valence-corrected chi connectivity index (χ4v) is 5.99. The van der Waals surface area contributed by atoms with Crippen molar-refractivity contribution in [3.05, 3.63) is 215 Å². The van der Waals surface area contributed by atoms with Crippen LogP contribution in [0, 0.1) is 0 Å². The molecule has 0 saturated carbocycles. The highest BCUT2D eigenvalue weighted by Gasteiger charge is 2.38. The molecule has 7 rings (SSSR count). The first-order valence-corrected chi connectivity index (χ1v) is 16.8. The Morgan fingerprint density at radius 2 is 0.740 bits per heavy atom. The van der Waals surface area contributed by atoms with Crippen LogP contribution in [0.25, 0.3) is 11.1 Å². The van der Waals surface area contributed by atoms with Crippen LogP contribution < -0.4 is 21.9 Å². The molecule has 0 aromatic heterocycles. The maximum absolute atomic E-state index is 8.21. The largest absolute Gasteiger partial charge is 0.569 e. The maximum Gasteiger partial charge on any atom is 0.569 e. The van der Waals surface area contributed by atoms with E-state index < -0.39 is 5.41 Å². The average molecular weight is 720 g/mol. The third-order valence-electron chi connectivity index (χ3n) is 8.12. The van der Waals surface area contributed by atoms with Crippen LogP contribution in [-0.2, 0) is 5.41 Å². The van der Waals surface area contributed by atoms with Crippen LogP contribution in [0.3, 0.4) is 0 Å². The van der Waals surface area contributed by atoms with Gasteiger partial charge in [0.2, 0.25) is 0 Å². The summed E-state index contributed by atoms with van der Waals surface area (Å²) in [6.45, 7) is 0. The van der Waals surface area contributed by atoms with Crippen molar-refractivity contribution < 1.29 is 9.68 Å². The van der Waals surface area contributed by atoms with Gasteiger partial charge in [0.25, 0.3) is 0 Å². The Hall–Kier alpha value is -5.76. The van der Waals surface area contributed by atoms with E-state index in [-0.39, 0.29) is 0 Å². The van der Waals surface area contributed by atoms with Gasteiger partial charge in [-0.15, -0.1) is 0 Å². The summed E-state index contributed by atoms with van der Waals surface area (Å²) in [4.78, 5) is 0. The summed E-state index contributed by atoms with van der Waals surface area (Å²) in [7, 11) is 0.630. The normalized spacial score (nSPS) is 10.4. The number of rotatable bonds is 7. The van der Waals surface area contributed by atoms with Crippen molar-refractivity contribution in [2.24, 2.45) is 0 Å². The summed E-state index contributed by atoms with van der Waals surface area (Å²) in [6.07, 6.45) is 0. The molecule has 0 amide bonds. The standard InChI is InChI=1S/C31H25N.C6H7BNO2.C6H6BrN/c32-30-22-18-25(19-23-30)24-16-20-29(21-17-24)31(26-10-4-1-5-11-26,27-12-6-2-7-13-27)28-14-8-3-9-15-28;8-5-1-3-6(4-2-5)10-7-9;7-5-1-3-6(8)4-2-5/h1-23H,32H2;1-4,9H,8H2;1-4H,8H2. The number of anilines is 3. The molecule has 0 aliphatic carbocycles. The Morgan fingerprint density at radius 3 is 1.10 bits per heavy atom. The van der Waals surface area contributed by atoms with Crippen molar-refractivity contribution >= 4 is 40.7 Å². The van der Waals surface area contributed by atoms with Gasteiger partial charge >= 0.3 is 7.69 Å². The maximum atomic E-state index is 8.21. The predicted octanol–water partition coefficient (Wildman–Crippen LogP) is 9.52. The molecule has 7 N–H and O–H groups in total. The van der Waals surface area contributed by atoms with Crippen molar-refractivity contribution in [2.45, 2.75) is 5.41 Å². The Labute approximate surface area is 303 Å². The second kappa shape index (κ2) is 17.6. The minimum Gasteiger partial charge on any atom is -0.537 e. The Morgan fingerprint density at radius 1 is 0.420 bits per heavy atom. The first kappa shape index (κ1) is 35.5. The number of benzene rings is 7. The molecule has 0 bridgehead atoms. The fraction of sp³-hybridized carbons (Fsp3) is 0.0233. The van der Waals surface area contributed by atoms with Crippen LogP contribution >= 0.6 is 15.9 Å². The topological polar surface area (TPSA) is 108 Å². The number of nitrogen functional groups attached to an aromatic ring is 3. The summed E-state index contributed by atoms with van der Waals surface area (Å²) in [5.74, 6) is 0.566. The van der Waals surface area contributed by atoms with Crippen LogP contribution in [0.4, 0.5) is 17.1 Å². The lowest BCUT2D eigenvalue weighted by atomic mass is 9.65. The molecule has 0 saturated heterocycles. The van der Waals surface area contributed by atoms with Gasteiger partial charge in [0, 0.05) is 21.5 Å². The van der Waals surface area contributed by atoms with Crippen molar-refractivity contribution in [3.8, 4) is 16.9 Å². The van der Waals surface area contributed by atoms with E-state index in [0.717, 1.165) is 21.4 Å². The zero-order chi connectivity index (χ0) is 35.2. The van der Waals surface area contributed by atoms with Crippen LogP contribution in [-0.4, -0.2) is 12.7 Å². The molecule has 0 atom stereocenters. The van der Waals surface area contributed by atoms with E-state index in [1.807, 2.05) is 36.4 Å². The Kier molecular flexibility index (Phi) is 12.5. The molecule has 1 radical (unpaired) electrons. The predicted molar refractivity (Wildman–Crippen MR) is 213 cm³/mol. The summed E-state index contributed by atoms with van der Waals surface area (Å²) in [5.41, 5.74) is 25.8. The van der Waals surface area contributed by atoms with Crippen LogP contribution in [0.15, 0.2) is 193 Å². The van der Waals surface area contributed by atoms with Gasteiger partial charge in [-0.25, -0.2) is 0 Å². The molecule has 7 aromatic rings. The molecule has 5 nitrogen and oxygen atoms in total. The molecule has 0 unspecified atom stereocenters. The second-order valence-electron chi connectivity index (χ2n) is 11.4. The monoisotopic (exact) mass is 718 g/mol. The van der Waals surface area contributed by atoms with Gasteiger partial charge in [-0.2, -0.15) is 0 Å². The van der Waals surface area contributed by atoms with E-state index in [2.05, 4.69) is 148 Å². The molecular formula is C43H38BBrN3O2. The molecule has 7 aromatic carbocycles. The zero-order valence-electron chi connectivity index (χ0n) is 27.4. The molecule has 0 aliphatic heterocycles. The molecule has 0 heterocycles. The molecule has 0 spiro atoms. The lowest BCUT2D eigenvalue weighted by Gasteiger charge is -2.37. The van der Waals surface area contributed by atoms with Gasteiger partial charge in [-0.1, -0.05) is 143 Å². The third-order valence-corrected chi connectivity index (χ3v) is 8.65. The van der Waals surface area contributed by atoms with Crippen LogP contribution in [0.2, 0.25) is 0 Å². The number of nitrogens with two attached hydrogens (primary N) is 3. The van der Waals surface area contributed by atoms with E-state index in [1.165, 1.54) is 27.8 Å². The summed E-state index contributed by atoms with van der Waals surface area (Å²) >= 11 is 3.29. The van der Waals surface area contributed by atoms with E-state index >= 15 is 0 Å². The van der Waals surface area contributed by atoms with E-state index in [4.69, 9.17) is 22.2 Å². The van der Waals surface area contributed by atoms with E-state index in [0.29, 0.717) is 19.1 Å². The number of halogens is 1. The van der Waals surface area contributed by atoms with Gasteiger partial charge in [0.15, 0.2) is 0 Å². The average Bonchev–Trinajstić information content (AvgIpc) is 3.17. The molecule has 0 aliphatic rings. The Bertz CT molecular complexity index is 1890. The molecule has 50 heavy (non-hydrogen) atoms. The van der Waals surface area contributed by atoms with Crippen molar-refractivity contribution in [1.82, 2.24) is 0 Å². The number of hydrogen-bond donors (Lipinski definition) is 4. The first-order valence-electron chi connectivity index (χ1n) is 16.0. The van der Waals surface area contributed by atoms with Crippen molar-refractivity contribution in [1.29, 1.82) is 0 Å². The van der Waals surface area contributed by atoms with Crippen LogP contribution in [0.1, 0.15) is 22.3 Å². The minimum atomic E-state index is -0.413. The first-order chi connectivity index (χ1) is 24.4. The van der Waals surface area contributed by atoms with E-state index in [1.54, 1.807) is 24.3 Å². The molecule has 7 heteroatoms. The zero-order valence-corrected chi connectivity index (χ0v) is 29.0. The van der Waals surface area contributed by atoms with Gasteiger partial charge in [-0.3, -0.25) is 0 Å². The number of hydrogen-bond acceptors (Lipinski definition) is 5. The van der Waals surface area contributed by atoms with Crippen molar-refractivity contribution in [3.63, 3.8) is 0 Å². The smallest absolute Gasteiger partial charge is 0.537 e. The van der Waals surface area contributed by atoms with E-state index in [9.17, 15) is 0 Å². The Balaban J connectivity index is 0.000000220.